The number of carbonyl (C=O) groups is 1. The van der Waals surface area contributed by atoms with Crippen molar-refractivity contribution in [1.82, 2.24) is 9.78 Å². The van der Waals surface area contributed by atoms with E-state index in [0.717, 1.165) is 4.68 Å². The Morgan fingerprint density at radius 1 is 1.47 bits per heavy atom. The smallest absolute Gasteiger partial charge is 0.310 e. The lowest BCUT2D eigenvalue weighted by Gasteiger charge is -2.05. The van der Waals surface area contributed by atoms with Gasteiger partial charge in [0.25, 0.3) is 5.91 Å². The van der Waals surface area contributed by atoms with Crippen molar-refractivity contribution in [3.05, 3.63) is 51.8 Å². The fraction of sp³-hybridized carbons (Fsp3) is 0.0909. The molecule has 0 saturated heterocycles. The first-order valence-electron chi connectivity index (χ1n) is 5.17. The van der Waals surface area contributed by atoms with E-state index in [1.54, 1.807) is 6.07 Å². The average Bonchev–Trinajstić information content (AvgIpc) is 2.83. The minimum absolute atomic E-state index is 0.0269. The maximum Gasteiger partial charge on any atom is 0.310 e. The molecule has 0 aliphatic rings. The zero-order valence-corrected chi connectivity index (χ0v) is 10.3. The van der Waals surface area contributed by atoms with Crippen LogP contribution in [-0.4, -0.2) is 27.2 Å². The van der Waals surface area contributed by atoms with E-state index in [1.165, 1.54) is 30.6 Å². The van der Waals surface area contributed by atoms with Crippen LogP contribution in [0, 0.1) is 10.1 Å². The topological polar surface area (TPSA) is 87.3 Å². The van der Waals surface area contributed by atoms with E-state index < -0.39 is 10.8 Å². The van der Waals surface area contributed by atoms with Gasteiger partial charge in [0.15, 0.2) is 12.4 Å². The van der Waals surface area contributed by atoms with Gasteiger partial charge in [-0.3, -0.25) is 14.9 Å². The summed E-state index contributed by atoms with van der Waals surface area (Å²) >= 11 is 5.62. The summed E-state index contributed by atoms with van der Waals surface area (Å²) in [5.41, 5.74) is -0.200. The van der Waals surface area contributed by atoms with E-state index in [9.17, 15) is 14.9 Å². The third-order valence-electron chi connectivity index (χ3n) is 2.22. The molecule has 98 valence electrons. The van der Waals surface area contributed by atoms with Crippen molar-refractivity contribution in [3.8, 4) is 5.75 Å². The lowest BCUT2D eigenvalue weighted by atomic mass is 10.3. The van der Waals surface area contributed by atoms with E-state index >= 15 is 0 Å². The maximum atomic E-state index is 11.7. The Morgan fingerprint density at radius 2 is 2.21 bits per heavy atom. The fourth-order valence-electron chi connectivity index (χ4n) is 1.37. The number of ether oxygens (including phenoxy) is 1. The number of rotatable bonds is 4. The molecule has 2 aromatic rings. The number of nitrogens with zero attached hydrogens (tertiary/aromatic N) is 3. The SMILES string of the molecule is O=C(COc1ccccc1[N+](=O)[O-])n1cc(Cl)cn1. The van der Waals surface area contributed by atoms with Gasteiger partial charge in [0, 0.05) is 6.07 Å². The summed E-state index contributed by atoms with van der Waals surface area (Å²) in [6.45, 7) is -0.372. The number of nitro benzene ring substituents is 1. The number of hydrogen-bond donors (Lipinski definition) is 0. The van der Waals surface area contributed by atoms with Crippen LogP contribution in [0.25, 0.3) is 0 Å². The molecule has 0 spiro atoms. The molecule has 0 aliphatic heterocycles. The van der Waals surface area contributed by atoms with Gasteiger partial charge in [0.1, 0.15) is 0 Å². The number of halogens is 1. The predicted molar refractivity (Wildman–Crippen MR) is 66.5 cm³/mol. The number of benzene rings is 1. The highest BCUT2D eigenvalue weighted by Crippen LogP contribution is 2.25. The molecule has 0 N–H and O–H groups in total. The van der Waals surface area contributed by atoms with Gasteiger partial charge in [0.2, 0.25) is 0 Å². The molecule has 1 aromatic carbocycles. The highest BCUT2D eigenvalue weighted by molar-refractivity contribution is 6.30. The third-order valence-corrected chi connectivity index (χ3v) is 2.41. The molecule has 1 heterocycles. The van der Waals surface area contributed by atoms with Gasteiger partial charge >= 0.3 is 5.69 Å². The average molecular weight is 282 g/mol. The number of nitro groups is 1. The molecule has 0 amide bonds. The second-order valence-electron chi connectivity index (χ2n) is 3.51. The molecule has 19 heavy (non-hydrogen) atoms. The molecule has 0 bridgehead atoms. The van der Waals surface area contributed by atoms with Crippen LogP contribution in [0.4, 0.5) is 5.69 Å². The zero-order chi connectivity index (χ0) is 13.8. The van der Waals surface area contributed by atoms with Crippen molar-refractivity contribution >= 4 is 23.2 Å². The molecular weight excluding hydrogens is 274 g/mol. The first-order chi connectivity index (χ1) is 9.08. The summed E-state index contributed by atoms with van der Waals surface area (Å²) in [5, 5.41) is 14.8. The van der Waals surface area contributed by atoms with Crippen LogP contribution in [0.15, 0.2) is 36.7 Å². The molecule has 0 saturated carbocycles. The van der Waals surface area contributed by atoms with E-state index in [0.29, 0.717) is 5.02 Å². The Kier molecular flexibility index (Phi) is 3.76. The van der Waals surface area contributed by atoms with Crippen LogP contribution in [0.1, 0.15) is 4.79 Å². The van der Waals surface area contributed by atoms with Gasteiger partial charge in [-0.15, -0.1) is 0 Å². The normalized spacial score (nSPS) is 10.2. The van der Waals surface area contributed by atoms with E-state index in [4.69, 9.17) is 16.3 Å². The maximum absolute atomic E-state index is 11.7. The minimum Gasteiger partial charge on any atom is -0.477 e. The second-order valence-corrected chi connectivity index (χ2v) is 3.95. The summed E-state index contributed by atoms with van der Waals surface area (Å²) < 4.78 is 6.14. The molecule has 8 heteroatoms. The number of para-hydroxylation sites is 2. The monoisotopic (exact) mass is 281 g/mol. The van der Waals surface area contributed by atoms with Gasteiger partial charge in [0.05, 0.1) is 22.3 Å². The van der Waals surface area contributed by atoms with Crippen LogP contribution >= 0.6 is 11.6 Å². The zero-order valence-electron chi connectivity index (χ0n) is 9.52. The highest BCUT2D eigenvalue weighted by atomic mass is 35.5. The van der Waals surface area contributed by atoms with Crippen LogP contribution in [0.2, 0.25) is 5.02 Å². The van der Waals surface area contributed by atoms with E-state index in [-0.39, 0.29) is 18.0 Å². The second kappa shape index (κ2) is 5.49. The van der Waals surface area contributed by atoms with Crippen molar-refractivity contribution in [2.24, 2.45) is 0 Å². The molecule has 1 aromatic heterocycles. The van der Waals surface area contributed by atoms with Crippen molar-refractivity contribution in [1.29, 1.82) is 0 Å². The Morgan fingerprint density at radius 3 is 2.84 bits per heavy atom. The van der Waals surface area contributed by atoms with Crippen molar-refractivity contribution < 1.29 is 14.5 Å². The van der Waals surface area contributed by atoms with Crippen LogP contribution in [-0.2, 0) is 0 Å². The fourth-order valence-corrected chi connectivity index (χ4v) is 1.51. The molecular formula is C11H8ClN3O4. The van der Waals surface area contributed by atoms with Crippen LogP contribution < -0.4 is 4.74 Å². The van der Waals surface area contributed by atoms with Gasteiger partial charge in [-0.25, -0.2) is 4.68 Å². The molecule has 0 fully saturated rings. The first-order valence-corrected chi connectivity index (χ1v) is 5.55. The van der Waals surface area contributed by atoms with Crippen molar-refractivity contribution in [3.63, 3.8) is 0 Å². The van der Waals surface area contributed by atoms with Gasteiger partial charge < -0.3 is 4.74 Å². The highest BCUT2D eigenvalue weighted by Gasteiger charge is 2.15. The van der Waals surface area contributed by atoms with Crippen molar-refractivity contribution in [2.45, 2.75) is 0 Å². The molecule has 0 radical (unpaired) electrons. The van der Waals surface area contributed by atoms with Gasteiger partial charge in [-0.2, -0.15) is 5.10 Å². The predicted octanol–water partition coefficient (Wildman–Crippen LogP) is 2.16. The number of hydrogen-bond acceptors (Lipinski definition) is 5. The lowest BCUT2D eigenvalue weighted by molar-refractivity contribution is -0.385. The largest absolute Gasteiger partial charge is 0.477 e. The summed E-state index contributed by atoms with van der Waals surface area (Å²) in [6.07, 6.45) is 2.64. The molecule has 2 rings (SSSR count). The van der Waals surface area contributed by atoms with Gasteiger partial charge in [-0.05, 0) is 6.07 Å². The molecule has 7 nitrogen and oxygen atoms in total. The summed E-state index contributed by atoms with van der Waals surface area (Å²) in [4.78, 5) is 21.8. The third kappa shape index (κ3) is 3.08. The standard InChI is InChI=1S/C11H8ClN3O4/c12-8-5-13-14(6-8)11(16)7-19-10-4-2-1-3-9(10)15(17)18/h1-6H,7H2. The van der Waals surface area contributed by atoms with Crippen LogP contribution in [0.5, 0.6) is 5.75 Å². The molecule has 0 atom stereocenters. The van der Waals surface area contributed by atoms with Crippen molar-refractivity contribution in [2.75, 3.05) is 6.61 Å². The Bertz CT molecular complexity index is 626. The Labute approximate surface area is 112 Å². The molecule has 0 unspecified atom stereocenters. The lowest BCUT2D eigenvalue weighted by Crippen LogP contribution is -2.19. The van der Waals surface area contributed by atoms with Gasteiger partial charge in [-0.1, -0.05) is 23.7 Å². The first kappa shape index (κ1) is 13.0. The number of aromatic nitrogens is 2. The quantitative estimate of drug-likeness (QED) is 0.633. The number of carbonyl (C=O) groups excluding carboxylic acids is 1. The van der Waals surface area contributed by atoms with E-state index in [1.807, 2.05) is 0 Å². The minimum atomic E-state index is -0.579. The molecule has 0 aliphatic carbocycles. The summed E-state index contributed by atoms with van der Waals surface area (Å²) in [5.74, 6) is -0.454. The summed E-state index contributed by atoms with van der Waals surface area (Å²) in [6, 6.07) is 5.81. The summed E-state index contributed by atoms with van der Waals surface area (Å²) in [7, 11) is 0. The van der Waals surface area contributed by atoms with E-state index in [2.05, 4.69) is 5.10 Å². The van der Waals surface area contributed by atoms with Crippen LogP contribution in [0.3, 0.4) is 0 Å². The Balaban J connectivity index is 2.07. The Hall–Kier alpha value is -2.41.